The van der Waals surface area contributed by atoms with Crippen molar-refractivity contribution in [1.82, 2.24) is 30.0 Å². The van der Waals surface area contributed by atoms with E-state index < -0.39 is 0 Å². The molecule has 0 amide bonds. The van der Waals surface area contributed by atoms with Gasteiger partial charge in [-0.1, -0.05) is 6.07 Å². The van der Waals surface area contributed by atoms with Crippen LogP contribution >= 0.6 is 0 Å². The highest BCUT2D eigenvalue weighted by atomic mass is 16.7. The first-order chi connectivity index (χ1) is 20.1. The number of hydrogen-bond acceptors (Lipinski definition) is 11. The standard InChI is InChI=1S/C30H41N7O4/c1-35-11-13-37(14-12-35)9-4-16-39-27-18-24-23-17-26(27)38-15-3-7-31-8-10-36(2)19-22-5-6-25-29(41-21-40-25)28(22)34-30(23)33-20-32-24/h5-6,17-18,20,31H,3-4,7-16,19,21H2,1-2H3,(H,32,33,34). The van der Waals surface area contributed by atoms with Gasteiger partial charge in [0.25, 0.3) is 0 Å². The molecule has 2 bridgehead atoms. The summed E-state index contributed by atoms with van der Waals surface area (Å²) in [4.78, 5) is 16.4. The van der Waals surface area contributed by atoms with Crippen molar-refractivity contribution in [2.24, 2.45) is 0 Å². The molecule has 0 spiro atoms. The molecule has 0 aliphatic carbocycles. The molecule has 0 unspecified atom stereocenters. The van der Waals surface area contributed by atoms with E-state index >= 15 is 0 Å². The van der Waals surface area contributed by atoms with Gasteiger partial charge in [0.2, 0.25) is 6.79 Å². The molecule has 3 aliphatic rings. The highest BCUT2D eigenvalue weighted by Gasteiger charge is 2.23. The number of nitrogens with one attached hydrogen (secondary N) is 2. The van der Waals surface area contributed by atoms with Crippen LogP contribution in [0.2, 0.25) is 0 Å². The molecular formula is C30H41N7O4. The number of anilines is 2. The van der Waals surface area contributed by atoms with Crippen LogP contribution < -0.4 is 29.6 Å². The highest BCUT2D eigenvalue weighted by Crippen LogP contribution is 2.44. The Labute approximate surface area is 241 Å². The molecule has 3 aliphatic heterocycles. The SMILES string of the molecule is CN1CCN(CCCOc2cc3ncnc4c3cc2OCCCNCCN(C)Cc2ccc3c(c2N4)OCO3)CC1. The Balaban J connectivity index is 1.27. The summed E-state index contributed by atoms with van der Waals surface area (Å²) in [6.45, 7) is 10.4. The van der Waals surface area contributed by atoms with Crippen molar-refractivity contribution >= 4 is 22.4 Å². The zero-order valence-corrected chi connectivity index (χ0v) is 24.2. The minimum atomic E-state index is 0.200. The van der Waals surface area contributed by atoms with Crippen LogP contribution in [0.15, 0.2) is 30.6 Å². The molecule has 1 fully saturated rings. The van der Waals surface area contributed by atoms with E-state index in [1.807, 2.05) is 18.2 Å². The van der Waals surface area contributed by atoms with Gasteiger partial charge in [-0.05, 0) is 51.2 Å². The van der Waals surface area contributed by atoms with Crippen molar-refractivity contribution in [2.45, 2.75) is 19.4 Å². The molecule has 3 aromatic rings. The van der Waals surface area contributed by atoms with Gasteiger partial charge in [-0.25, -0.2) is 9.97 Å². The number of fused-ring (bicyclic) bond motifs is 4. The number of nitrogens with zero attached hydrogens (tertiary/aromatic N) is 5. The van der Waals surface area contributed by atoms with Gasteiger partial charge in [0.05, 0.1) is 24.4 Å². The minimum absolute atomic E-state index is 0.200. The third kappa shape index (κ3) is 6.75. The van der Waals surface area contributed by atoms with E-state index in [0.29, 0.717) is 36.3 Å². The number of aromatic nitrogens is 2. The van der Waals surface area contributed by atoms with Crippen molar-refractivity contribution in [3.8, 4) is 23.0 Å². The molecule has 0 saturated carbocycles. The molecular weight excluding hydrogens is 522 g/mol. The lowest BCUT2D eigenvalue weighted by Crippen LogP contribution is -2.44. The first kappa shape index (κ1) is 27.8. The van der Waals surface area contributed by atoms with Crippen molar-refractivity contribution in [2.75, 3.05) is 91.8 Å². The summed E-state index contributed by atoms with van der Waals surface area (Å²) in [6.07, 6.45) is 3.44. The summed E-state index contributed by atoms with van der Waals surface area (Å²) >= 11 is 0. The Morgan fingerprint density at radius 3 is 2.73 bits per heavy atom. The van der Waals surface area contributed by atoms with E-state index in [2.05, 4.69) is 55.5 Å². The maximum absolute atomic E-state index is 6.31. The molecule has 6 rings (SSSR count). The van der Waals surface area contributed by atoms with Gasteiger partial charge < -0.3 is 44.3 Å². The van der Waals surface area contributed by atoms with E-state index in [4.69, 9.17) is 18.9 Å². The molecule has 11 heteroatoms. The van der Waals surface area contributed by atoms with Crippen LogP contribution in [0.5, 0.6) is 23.0 Å². The van der Waals surface area contributed by atoms with Gasteiger partial charge in [-0.3, -0.25) is 0 Å². The zero-order valence-electron chi connectivity index (χ0n) is 24.2. The van der Waals surface area contributed by atoms with Crippen molar-refractivity contribution < 1.29 is 18.9 Å². The van der Waals surface area contributed by atoms with E-state index in [0.717, 1.165) is 99.6 Å². The van der Waals surface area contributed by atoms with Gasteiger partial charge in [0.15, 0.2) is 23.0 Å². The molecule has 1 saturated heterocycles. The van der Waals surface area contributed by atoms with Crippen molar-refractivity contribution in [3.63, 3.8) is 0 Å². The lowest BCUT2D eigenvalue weighted by molar-refractivity contribution is 0.145. The van der Waals surface area contributed by atoms with Gasteiger partial charge >= 0.3 is 0 Å². The number of benzene rings is 2. The molecule has 220 valence electrons. The van der Waals surface area contributed by atoms with E-state index in [-0.39, 0.29) is 6.79 Å². The van der Waals surface area contributed by atoms with Gasteiger partial charge in [0.1, 0.15) is 12.1 Å². The quantitative estimate of drug-likeness (QED) is 0.449. The second-order valence-corrected chi connectivity index (χ2v) is 11.0. The van der Waals surface area contributed by atoms with Crippen LogP contribution in [0.3, 0.4) is 0 Å². The average Bonchev–Trinajstić information content (AvgIpc) is 3.46. The fourth-order valence-electron chi connectivity index (χ4n) is 5.48. The summed E-state index contributed by atoms with van der Waals surface area (Å²) in [6, 6.07) is 8.04. The average molecular weight is 564 g/mol. The second kappa shape index (κ2) is 13.1. The number of rotatable bonds is 5. The predicted octanol–water partition coefficient (Wildman–Crippen LogP) is 2.92. The summed E-state index contributed by atoms with van der Waals surface area (Å²) in [5, 5.41) is 7.96. The maximum Gasteiger partial charge on any atom is 0.231 e. The smallest absolute Gasteiger partial charge is 0.231 e. The topological polar surface area (TPSA) is 96.5 Å². The summed E-state index contributed by atoms with van der Waals surface area (Å²) < 4.78 is 24.2. The normalized spacial score (nSPS) is 19.1. The molecule has 4 heterocycles. The molecule has 41 heavy (non-hydrogen) atoms. The van der Waals surface area contributed by atoms with Gasteiger partial charge in [-0.15, -0.1) is 0 Å². The minimum Gasteiger partial charge on any atom is -0.490 e. The lowest BCUT2D eigenvalue weighted by atomic mass is 10.1. The first-order valence-corrected chi connectivity index (χ1v) is 14.7. The number of ether oxygens (including phenoxy) is 4. The van der Waals surface area contributed by atoms with Crippen LogP contribution in [-0.4, -0.2) is 111 Å². The Morgan fingerprint density at radius 1 is 0.927 bits per heavy atom. The lowest BCUT2D eigenvalue weighted by Gasteiger charge is -2.32. The fourth-order valence-corrected chi connectivity index (χ4v) is 5.48. The van der Waals surface area contributed by atoms with Crippen LogP contribution in [0, 0.1) is 0 Å². The Hall–Kier alpha value is -3.38. The fraction of sp³-hybridized carbons (Fsp3) is 0.533. The van der Waals surface area contributed by atoms with Crippen LogP contribution in [0.25, 0.3) is 10.9 Å². The summed E-state index contributed by atoms with van der Waals surface area (Å²) in [5.74, 6) is 3.54. The third-order valence-electron chi connectivity index (χ3n) is 7.91. The van der Waals surface area contributed by atoms with E-state index in [1.165, 1.54) is 0 Å². The third-order valence-corrected chi connectivity index (χ3v) is 7.91. The highest BCUT2D eigenvalue weighted by molar-refractivity contribution is 5.94. The van der Waals surface area contributed by atoms with Crippen LogP contribution in [-0.2, 0) is 6.54 Å². The second-order valence-electron chi connectivity index (χ2n) is 11.0. The Kier molecular flexibility index (Phi) is 8.85. The van der Waals surface area contributed by atoms with Crippen LogP contribution in [0.4, 0.5) is 11.5 Å². The van der Waals surface area contributed by atoms with Crippen molar-refractivity contribution in [3.05, 3.63) is 36.2 Å². The largest absolute Gasteiger partial charge is 0.490 e. The van der Waals surface area contributed by atoms with E-state index in [9.17, 15) is 0 Å². The monoisotopic (exact) mass is 563 g/mol. The number of hydrogen-bond donors (Lipinski definition) is 2. The molecule has 2 N–H and O–H groups in total. The molecule has 0 atom stereocenters. The summed E-state index contributed by atoms with van der Waals surface area (Å²) in [5.41, 5.74) is 2.75. The van der Waals surface area contributed by atoms with Gasteiger partial charge in [0, 0.05) is 63.8 Å². The zero-order chi connectivity index (χ0) is 28.0. The Morgan fingerprint density at radius 2 is 1.83 bits per heavy atom. The van der Waals surface area contributed by atoms with Gasteiger partial charge in [-0.2, -0.15) is 0 Å². The molecule has 1 aromatic heterocycles. The van der Waals surface area contributed by atoms with E-state index in [1.54, 1.807) is 6.33 Å². The number of likely N-dealkylation sites (N-methyl/N-ethyl adjacent to an activating group) is 2. The molecule has 2 aromatic carbocycles. The summed E-state index contributed by atoms with van der Waals surface area (Å²) in [7, 11) is 4.31. The van der Waals surface area contributed by atoms with Crippen molar-refractivity contribution in [1.29, 1.82) is 0 Å². The molecule has 11 nitrogen and oxygen atoms in total. The number of piperazine rings is 1. The maximum atomic E-state index is 6.31. The predicted molar refractivity (Wildman–Crippen MR) is 159 cm³/mol. The first-order valence-electron chi connectivity index (χ1n) is 14.7. The van der Waals surface area contributed by atoms with Crippen LogP contribution in [0.1, 0.15) is 18.4 Å². The molecule has 0 radical (unpaired) electrons. The Bertz CT molecular complexity index is 1330.